The SMILES string of the molecule is COc1cccc(C(=C/C=C\CC(=O)Oc2ccc([N+](=O)[O-])cc2)c2cccc(OC)c2)c1. The number of hydrogen-bond acceptors (Lipinski definition) is 6. The van der Waals surface area contributed by atoms with Gasteiger partial charge in [0.2, 0.25) is 0 Å². The third-order valence-corrected chi connectivity index (χ3v) is 4.72. The van der Waals surface area contributed by atoms with Gasteiger partial charge in [0, 0.05) is 12.1 Å². The molecule has 7 heteroatoms. The summed E-state index contributed by atoms with van der Waals surface area (Å²) in [6, 6.07) is 20.7. The van der Waals surface area contributed by atoms with E-state index in [4.69, 9.17) is 14.2 Å². The lowest BCUT2D eigenvalue weighted by Gasteiger charge is -2.11. The number of allylic oxidation sites excluding steroid dienone is 2. The highest BCUT2D eigenvalue weighted by atomic mass is 16.6. The minimum atomic E-state index is -0.511. The van der Waals surface area contributed by atoms with Gasteiger partial charge in [-0.1, -0.05) is 42.5 Å². The van der Waals surface area contributed by atoms with Crippen LogP contribution in [0.2, 0.25) is 0 Å². The van der Waals surface area contributed by atoms with Crippen molar-refractivity contribution in [3.63, 3.8) is 0 Å². The maximum absolute atomic E-state index is 12.1. The van der Waals surface area contributed by atoms with Gasteiger partial charge in [-0.05, 0) is 53.1 Å². The molecule has 0 amide bonds. The summed E-state index contributed by atoms with van der Waals surface area (Å²) in [5, 5.41) is 10.7. The number of esters is 1. The Morgan fingerprint density at radius 1 is 0.879 bits per heavy atom. The molecular weight excluding hydrogens is 422 g/mol. The van der Waals surface area contributed by atoms with Crippen LogP contribution in [0, 0.1) is 10.1 Å². The molecule has 0 N–H and O–H groups in total. The van der Waals surface area contributed by atoms with Crippen LogP contribution < -0.4 is 14.2 Å². The van der Waals surface area contributed by atoms with Gasteiger partial charge in [-0.15, -0.1) is 0 Å². The fourth-order valence-electron chi connectivity index (χ4n) is 3.08. The maximum atomic E-state index is 12.1. The van der Waals surface area contributed by atoms with Gasteiger partial charge in [0.05, 0.1) is 25.6 Å². The summed E-state index contributed by atoms with van der Waals surface area (Å²) in [5.41, 5.74) is 2.75. The third-order valence-electron chi connectivity index (χ3n) is 4.72. The number of nitro groups is 1. The van der Waals surface area contributed by atoms with E-state index in [1.807, 2.05) is 54.6 Å². The molecule has 0 unspecified atom stereocenters. The van der Waals surface area contributed by atoms with Crippen molar-refractivity contribution in [2.75, 3.05) is 14.2 Å². The molecule has 0 atom stereocenters. The zero-order valence-corrected chi connectivity index (χ0v) is 18.3. The van der Waals surface area contributed by atoms with Gasteiger partial charge < -0.3 is 14.2 Å². The van der Waals surface area contributed by atoms with E-state index in [0.29, 0.717) is 0 Å². The van der Waals surface area contributed by atoms with Gasteiger partial charge in [0.15, 0.2) is 0 Å². The van der Waals surface area contributed by atoms with Crippen molar-refractivity contribution in [1.82, 2.24) is 0 Å². The molecule has 0 aromatic heterocycles. The van der Waals surface area contributed by atoms with Gasteiger partial charge in [-0.2, -0.15) is 0 Å². The number of ether oxygens (including phenoxy) is 3. The number of carbonyl (C=O) groups is 1. The van der Waals surface area contributed by atoms with Crippen molar-refractivity contribution in [2.45, 2.75) is 6.42 Å². The number of benzene rings is 3. The molecule has 168 valence electrons. The maximum Gasteiger partial charge on any atom is 0.315 e. The van der Waals surface area contributed by atoms with E-state index in [0.717, 1.165) is 28.2 Å². The Kier molecular flexibility index (Phi) is 7.96. The predicted octanol–water partition coefficient (Wildman–Crippen LogP) is 5.60. The van der Waals surface area contributed by atoms with Gasteiger partial charge in [-0.3, -0.25) is 14.9 Å². The molecule has 3 aromatic rings. The summed E-state index contributed by atoms with van der Waals surface area (Å²) < 4.78 is 15.9. The molecule has 0 spiro atoms. The molecule has 33 heavy (non-hydrogen) atoms. The molecule has 0 heterocycles. The molecule has 0 saturated heterocycles. The largest absolute Gasteiger partial charge is 0.497 e. The molecule has 7 nitrogen and oxygen atoms in total. The second kappa shape index (κ2) is 11.3. The Balaban J connectivity index is 1.76. The predicted molar refractivity (Wildman–Crippen MR) is 126 cm³/mol. The lowest BCUT2D eigenvalue weighted by atomic mass is 9.97. The fraction of sp³-hybridized carbons (Fsp3) is 0.115. The number of rotatable bonds is 9. The summed E-state index contributed by atoms with van der Waals surface area (Å²) >= 11 is 0. The van der Waals surface area contributed by atoms with Crippen molar-refractivity contribution in [1.29, 1.82) is 0 Å². The molecule has 0 radical (unpaired) electrons. The second-order valence-corrected chi connectivity index (χ2v) is 6.90. The molecular formula is C26H23NO6. The summed E-state index contributed by atoms with van der Waals surface area (Å²) in [6.07, 6.45) is 5.42. The zero-order chi connectivity index (χ0) is 23.6. The summed E-state index contributed by atoms with van der Waals surface area (Å²) in [5.74, 6) is 1.25. The Morgan fingerprint density at radius 3 is 1.97 bits per heavy atom. The first-order chi connectivity index (χ1) is 16.0. The van der Waals surface area contributed by atoms with Crippen LogP contribution in [0.5, 0.6) is 17.2 Å². The summed E-state index contributed by atoms with van der Waals surface area (Å²) in [7, 11) is 3.23. The molecule has 0 fully saturated rings. The highest BCUT2D eigenvalue weighted by Crippen LogP contribution is 2.28. The van der Waals surface area contributed by atoms with Crippen molar-refractivity contribution >= 4 is 17.2 Å². The van der Waals surface area contributed by atoms with Crippen LogP contribution >= 0.6 is 0 Å². The minimum Gasteiger partial charge on any atom is -0.497 e. The number of methoxy groups -OCH3 is 2. The molecule has 0 aliphatic rings. The van der Waals surface area contributed by atoms with Crippen LogP contribution in [0.1, 0.15) is 17.5 Å². The van der Waals surface area contributed by atoms with Crippen LogP contribution in [0.25, 0.3) is 5.57 Å². The number of nitrogens with zero attached hydrogens (tertiary/aromatic N) is 1. The third kappa shape index (κ3) is 6.54. The van der Waals surface area contributed by atoms with Crippen LogP contribution in [0.3, 0.4) is 0 Å². The van der Waals surface area contributed by atoms with Crippen LogP contribution in [0.4, 0.5) is 5.69 Å². The van der Waals surface area contributed by atoms with Gasteiger partial charge in [0.1, 0.15) is 17.2 Å². The molecule has 3 rings (SSSR count). The normalized spacial score (nSPS) is 10.5. The highest BCUT2D eigenvalue weighted by molar-refractivity contribution is 5.82. The fourth-order valence-corrected chi connectivity index (χ4v) is 3.08. The molecule has 0 saturated carbocycles. The summed E-state index contributed by atoms with van der Waals surface area (Å²) in [6.45, 7) is 0. The molecule has 0 bridgehead atoms. The Morgan fingerprint density at radius 2 is 1.45 bits per heavy atom. The van der Waals surface area contributed by atoms with E-state index in [9.17, 15) is 14.9 Å². The molecule has 0 aliphatic carbocycles. The summed E-state index contributed by atoms with van der Waals surface area (Å²) in [4.78, 5) is 22.3. The van der Waals surface area contributed by atoms with Crippen LogP contribution in [-0.4, -0.2) is 25.1 Å². The number of non-ortho nitro benzene ring substituents is 1. The average molecular weight is 445 g/mol. The quantitative estimate of drug-likeness (QED) is 0.140. The Labute approximate surface area is 191 Å². The number of hydrogen-bond donors (Lipinski definition) is 0. The second-order valence-electron chi connectivity index (χ2n) is 6.90. The first kappa shape index (κ1) is 23.3. The lowest BCUT2D eigenvalue weighted by Crippen LogP contribution is -2.06. The Bertz CT molecular complexity index is 1130. The van der Waals surface area contributed by atoms with Gasteiger partial charge in [0.25, 0.3) is 5.69 Å². The number of carbonyl (C=O) groups excluding carboxylic acids is 1. The smallest absolute Gasteiger partial charge is 0.315 e. The van der Waals surface area contributed by atoms with Crippen LogP contribution in [0.15, 0.2) is 91.0 Å². The molecule has 3 aromatic carbocycles. The topological polar surface area (TPSA) is 87.9 Å². The molecule has 0 aliphatic heterocycles. The van der Waals surface area contributed by atoms with Gasteiger partial charge >= 0.3 is 5.97 Å². The van der Waals surface area contributed by atoms with E-state index in [-0.39, 0.29) is 17.9 Å². The first-order valence-electron chi connectivity index (χ1n) is 10.1. The first-order valence-corrected chi connectivity index (χ1v) is 10.1. The van der Waals surface area contributed by atoms with Gasteiger partial charge in [-0.25, -0.2) is 0 Å². The van der Waals surface area contributed by atoms with E-state index in [1.54, 1.807) is 26.4 Å². The van der Waals surface area contributed by atoms with E-state index >= 15 is 0 Å². The van der Waals surface area contributed by atoms with Crippen molar-refractivity contribution in [3.8, 4) is 17.2 Å². The van der Waals surface area contributed by atoms with E-state index in [1.165, 1.54) is 24.3 Å². The van der Waals surface area contributed by atoms with Crippen molar-refractivity contribution in [2.24, 2.45) is 0 Å². The van der Waals surface area contributed by atoms with Crippen molar-refractivity contribution < 1.29 is 23.9 Å². The Hall–Kier alpha value is -4.39. The minimum absolute atomic E-state index is 0.0387. The monoisotopic (exact) mass is 445 g/mol. The van der Waals surface area contributed by atoms with Crippen molar-refractivity contribution in [3.05, 3.63) is 112 Å². The standard InChI is InChI=1S/C26H23NO6/c1-31-23-9-5-7-19(17-23)25(20-8-6-10-24(18-20)32-2)11-3-4-12-26(28)33-22-15-13-21(14-16-22)27(29)30/h3-11,13-18H,12H2,1-2H3/b4-3-. The van der Waals surface area contributed by atoms with E-state index in [2.05, 4.69) is 0 Å². The average Bonchev–Trinajstić information content (AvgIpc) is 2.84. The lowest BCUT2D eigenvalue weighted by molar-refractivity contribution is -0.384. The zero-order valence-electron chi connectivity index (χ0n) is 18.3. The number of nitro benzene ring substituents is 1. The van der Waals surface area contributed by atoms with Crippen LogP contribution in [-0.2, 0) is 4.79 Å². The highest BCUT2D eigenvalue weighted by Gasteiger charge is 2.09. The van der Waals surface area contributed by atoms with E-state index < -0.39 is 10.9 Å².